The van der Waals surface area contributed by atoms with Crippen LogP contribution in [0, 0.1) is 5.41 Å². The summed E-state index contributed by atoms with van der Waals surface area (Å²) in [6.07, 6.45) is 8.59. The van der Waals surface area contributed by atoms with Crippen molar-refractivity contribution in [3.63, 3.8) is 0 Å². The van der Waals surface area contributed by atoms with Crippen molar-refractivity contribution < 1.29 is 9.59 Å². The highest BCUT2D eigenvalue weighted by atomic mass is 32.1. The average molecular weight is 480 g/mol. The van der Waals surface area contributed by atoms with Crippen molar-refractivity contribution in [1.82, 2.24) is 15.0 Å². The van der Waals surface area contributed by atoms with Gasteiger partial charge in [0.15, 0.2) is 5.13 Å². The molecule has 3 aromatic heterocycles. The van der Waals surface area contributed by atoms with Gasteiger partial charge < -0.3 is 16.0 Å². The molecule has 1 fully saturated rings. The van der Waals surface area contributed by atoms with Gasteiger partial charge in [-0.05, 0) is 36.5 Å². The number of fused-ring (bicyclic) bond motifs is 1. The lowest BCUT2D eigenvalue weighted by Crippen LogP contribution is -2.32. The van der Waals surface area contributed by atoms with E-state index in [1.807, 2.05) is 23.6 Å². The fourth-order valence-corrected chi connectivity index (χ4v) is 6.56. The van der Waals surface area contributed by atoms with Crippen molar-refractivity contribution in [2.75, 3.05) is 5.32 Å². The van der Waals surface area contributed by atoms with Crippen LogP contribution in [0.25, 0.3) is 21.5 Å². The standard InChI is InChI=1S/C24H25N5O2S2/c25-22(31)17-10-15(13-26-17)18-14-32-23(28-18)29-20(30)11-24(8-4-1-5-9-24)12-21-27-16-6-2-3-7-19(16)33-21/h2-3,6-7,10,13-14,26H,1,4-5,8-9,11-12H2,(H2,25,31)(H,28,29,30). The highest BCUT2D eigenvalue weighted by Gasteiger charge is 2.35. The van der Waals surface area contributed by atoms with Crippen LogP contribution in [-0.4, -0.2) is 26.8 Å². The second kappa shape index (κ2) is 9.07. The second-order valence-corrected chi connectivity index (χ2v) is 10.7. The number of aromatic nitrogens is 3. The smallest absolute Gasteiger partial charge is 0.265 e. The van der Waals surface area contributed by atoms with E-state index in [0.29, 0.717) is 22.9 Å². The van der Waals surface area contributed by atoms with Crippen LogP contribution < -0.4 is 11.1 Å². The summed E-state index contributed by atoms with van der Waals surface area (Å²) >= 11 is 3.11. The van der Waals surface area contributed by atoms with E-state index in [9.17, 15) is 9.59 Å². The number of anilines is 1. The van der Waals surface area contributed by atoms with E-state index in [0.717, 1.165) is 48.2 Å². The molecule has 0 atom stereocenters. The molecule has 4 N–H and O–H groups in total. The molecule has 1 aliphatic rings. The second-order valence-electron chi connectivity index (χ2n) is 8.74. The first-order valence-electron chi connectivity index (χ1n) is 11.1. The van der Waals surface area contributed by atoms with Crippen LogP contribution in [0.1, 0.15) is 54.0 Å². The van der Waals surface area contributed by atoms with E-state index >= 15 is 0 Å². The molecule has 1 aliphatic carbocycles. The zero-order valence-electron chi connectivity index (χ0n) is 18.1. The molecule has 7 nitrogen and oxygen atoms in total. The summed E-state index contributed by atoms with van der Waals surface area (Å²) in [7, 11) is 0. The molecular formula is C24H25N5O2S2. The van der Waals surface area contributed by atoms with Gasteiger partial charge in [0, 0.05) is 30.0 Å². The maximum atomic E-state index is 13.1. The highest BCUT2D eigenvalue weighted by molar-refractivity contribution is 7.18. The topological polar surface area (TPSA) is 114 Å². The molecule has 0 spiro atoms. The minimum absolute atomic E-state index is 0.00851. The predicted octanol–water partition coefficient (Wildman–Crippen LogP) is 5.37. The molecule has 1 saturated carbocycles. The van der Waals surface area contributed by atoms with Gasteiger partial charge in [0.25, 0.3) is 5.91 Å². The Morgan fingerprint density at radius 2 is 1.97 bits per heavy atom. The van der Waals surface area contributed by atoms with Crippen molar-refractivity contribution in [2.24, 2.45) is 11.1 Å². The van der Waals surface area contributed by atoms with Crippen LogP contribution >= 0.6 is 22.7 Å². The Bertz CT molecular complexity index is 1270. The summed E-state index contributed by atoms with van der Waals surface area (Å²) in [6.45, 7) is 0. The monoisotopic (exact) mass is 479 g/mol. The maximum absolute atomic E-state index is 13.1. The van der Waals surface area contributed by atoms with Gasteiger partial charge in [-0.25, -0.2) is 9.97 Å². The molecule has 33 heavy (non-hydrogen) atoms. The summed E-state index contributed by atoms with van der Waals surface area (Å²) in [5.74, 6) is -0.526. The predicted molar refractivity (Wildman–Crippen MR) is 133 cm³/mol. The third-order valence-electron chi connectivity index (χ3n) is 6.31. The molecule has 0 radical (unpaired) electrons. The Morgan fingerprint density at radius 3 is 2.73 bits per heavy atom. The Labute approximate surface area is 199 Å². The van der Waals surface area contributed by atoms with E-state index < -0.39 is 5.91 Å². The van der Waals surface area contributed by atoms with Crippen molar-refractivity contribution in [3.8, 4) is 11.3 Å². The van der Waals surface area contributed by atoms with Crippen molar-refractivity contribution in [3.05, 3.63) is 52.6 Å². The van der Waals surface area contributed by atoms with Crippen LogP contribution in [0.4, 0.5) is 5.13 Å². The third-order valence-corrected chi connectivity index (χ3v) is 8.10. The van der Waals surface area contributed by atoms with Crippen LogP contribution in [0.15, 0.2) is 41.9 Å². The number of thiazole rings is 2. The van der Waals surface area contributed by atoms with E-state index in [-0.39, 0.29) is 11.3 Å². The van der Waals surface area contributed by atoms with Crippen molar-refractivity contribution in [1.29, 1.82) is 0 Å². The number of carbonyl (C=O) groups excluding carboxylic acids is 2. The zero-order chi connectivity index (χ0) is 22.8. The molecule has 4 aromatic rings. The van der Waals surface area contributed by atoms with Crippen molar-refractivity contribution >= 4 is 49.8 Å². The van der Waals surface area contributed by atoms with E-state index in [1.54, 1.807) is 23.6 Å². The summed E-state index contributed by atoms with van der Waals surface area (Å²) in [5, 5.41) is 6.53. The molecule has 0 bridgehead atoms. The van der Waals surface area contributed by atoms with Crippen LogP contribution in [-0.2, 0) is 11.2 Å². The number of nitrogens with one attached hydrogen (secondary N) is 2. The molecular weight excluding hydrogens is 454 g/mol. The van der Waals surface area contributed by atoms with Crippen LogP contribution in [0.2, 0.25) is 0 Å². The van der Waals surface area contributed by atoms with Gasteiger partial charge in [-0.15, -0.1) is 22.7 Å². The summed E-state index contributed by atoms with van der Waals surface area (Å²) in [6, 6.07) is 9.87. The lowest BCUT2D eigenvalue weighted by Gasteiger charge is -2.36. The number of nitrogens with two attached hydrogens (primary N) is 1. The molecule has 9 heteroatoms. The molecule has 1 aromatic carbocycles. The largest absolute Gasteiger partial charge is 0.364 e. The Kier molecular flexibility index (Phi) is 5.99. The third kappa shape index (κ3) is 4.84. The van der Waals surface area contributed by atoms with Gasteiger partial charge in [-0.1, -0.05) is 31.4 Å². The fourth-order valence-electron chi connectivity index (χ4n) is 4.69. The lowest BCUT2D eigenvalue weighted by molar-refractivity contribution is -0.119. The van der Waals surface area contributed by atoms with Gasteiger partial charge >= 0.3 is 0 Å². The SMILES string of the molecule is NC(=O)c1cc(-c2csc(NC(=O)CC3(Cc4nc5ccccc5s4)CCCCC3)n2)c[nH]1. The molecule has 2 amide bonds. The number of rotatable bonds is 7. The maximum Gasteiger partial charge on any atom is 0.265 e. The first kappa shape index (κ1) is 21.8. The number of H-pyrrole nitrogens is 1. The van der Waals surface area contributed by atoms with Gasteiger partial charge in [0.2, 0.25) is 5.91 Å². The molecule has 3 heterocycles. The quantitative estimate of drug-likeness (QED) is 0.331. The normalized spacial score (nSPS) is 15.5. The zero-order valence-corrected chi connectivity index (χ0v) is 19.7. The molecule has 0 aliphatic heterocycles. The fraction of sp³-hybridized carbons (Fsp3) is 0.333. The van der Waals surface area contributed by atoms with E-state index in [2.05, 4.69) is 21.4 Å². The Morgan fingerprint density at radius 1 is 1.15 bits per heavy atom. The minimum atomic E-state index is -0.518. The Hall–Kier alpha value is -3.04. The molecule has 0 unspecified atom stereocenters. The van der Waals surface area contributed by atoms with E-state index in [1.165, 1.54) is 22.5 Å². The van der Waals surface area contributed by atoms with Gasteiger partial charge in [-0.2, -0.15) is 0 Å². The van der Waals surface area contributed by atoms with E-state index in [4.69, 9.17) is 10.7 Å². The minimum Gasteiger partial charge on any atom is -0.364 e. The molecule has 5 rings (SSSR count). The summed E-state index contributed by atoms with van der Waals surface area (Å²) < 4.78 is 1.20. The van der Waals surface area contributed by atoms with Crippen LogP contribution in [0.5, 0.6) is 0 Å². The number of benzene rings is 1. The van der Waals surface area contributed by atoms with Crippen molar-refractivity contribution in [2.45, 2.75) is 44.9 Å². The summed E-state index contributed by atoms with van der Waals surface area (Å²) in [4.78, 5) is 36.6. The molecule has 0 saturated heterocycles. The lowest BCUT2D eigenvalue weighted by atomic mass is 9.69. The van der Waals surface area contributed by atoms with Gasteiger partial charge in [-0.3, -0.25) is 9.59 Å². The molecule has 170 valence electrons. The first-order chi connectivity index (χ1) is 16.0. The number of para-hydroxylation sites is 1. The van der Waals surface area contributed by atoms with Crippen LogP contribution in [0.3, 0.4) is 0 Å². The summed E-state index contributed by atoms with van der Waals surface area (Å²) in [5.41, 5.74) is 8.07. The Balaban J connectivity index is 1.29. The number of carbonyl (C=O) groups is 2. The number of hydrogen-bond donors (Lipinski definition) is 3. The average Bonchev–Trinajstić information content (AvgIpc) is 3.53. The number of nitrogens with zero attached hydrogens (tertiary/aromatic N) is 2. The first-order valence-corrected chi connectivity index (χ1v) is 12.8. The number of amides is 2. The van der Waals surface area contributed by atoms with Gasteiger partial charge in [0.1, 0.15) is 5.69 Å². The number of hydrogen-bond acceptors (Lipinski definition) is 6. The highest BCUT2D eigenvalue weighted by Crippen LogP contribution is 2.43. The van der Waals surface area contributed by atoms with Gasteiger partial charge in [0.05, 0.1) is 20.9 Å². The number of aromatic amines is 1. The number of primary amides is 1.